The van der Waals surface area contributed by atoms with E-state index in [-0.39, 0.29) is 17.8 Å². The fourth-order valence-corrected chi connectivity index (χ4v) is 3.86. The average Bonchev–Trinajstić information content (AvgIpc) is 3.41. The van der Waals surface area contributed by atoms with Crippen molar-refractivity contribution in [2.75, 3.05) is 23.9 Å². The first-order chi connectivity index (χ1) is 15.8. The van der Waals surface area contributed by atoms with E-state index in [9.17, 15) is 19.5 Å². The number of anilines is 2. The van der Waals surface area contributed by atoms with Gasteiger partial charge in [0.15, 0.2) is 11.5 Å². The molecule has 1 aliphatic heterocycles. The molecule has 0 fully saturated rings. The molecular weight excluding hydrogens is 424 g/mol. The molecule has 0 bridgehead atoms. The highest BCUT2D eigenvalue weighted by atomic mass is 16.4. The molecule has 0 saturated heterocycles. The van der Waals surface area contributed by atoms with Crippen LogP contribution in [-0.2, 0) is 16.0 Å². The van der Waals surface area contributed by atoms with Crippen LogP contribution in [-0.4, -0.2) is 42.0 Å². The molecule has 33 heavy (non-hydrogen) atoms. The maximum atomic E-state index is 13.2. The molecule has 8 nitrogen and oxygen atoms in total. The number of benzene rings is 2. The number of amides is 1. The van der Waals surface area contributed by atoms with Crippen molar-refractivity contribution in [3.8, 4) is 0 Å². The van der Waals surface area contributed by atoms with E-state index in [1.807, 2.05) is 31.1 Å². The van der Waals surface area contributed by atoms with E-state index in [1.165, 1.54) is 17.2 Å². The molecule has 0 aliphatic carbocycles. The first kappa shape index (κ1) is 21.9. The zero-order chi connectivity index (χ0) is 23.7. The summed E-state index contributed by atoms with van der Waals surface area (Å²) in [6.45, 7) is 0. The summed E-state index contributed by atoms with van der Waals surface area (Å²) in [6.07, 6.45) is 1.19. The second-order valence-electron chi connectivity index (χ2n) is 7.87. The second-order valence-corrected chi connectivity index (χ2v) is 7.87. The Labute approximate surface area is 190 Å². The summed E-state index contributed by atoms with van der Waals surface area (Å²) in [4.78, 5) is 40.6. The highest BCUT2D eigenvalue weighted by Gasteiger charge is 2.45. The number of nitrogens with zero attached hydrogens (tertiary/aromatic N) is 2. The number of hydrogen-bond donors (Lipinski definition) is 2. The quantitative estimate of drug-likeness (QED) is 0.532. The summed E-state index contributed by atoms with van der Waals surface area (Å²) < 4.78 is 5.23. The Hall–Kier alpha value is -4.33. The molecule has 1 aromatic heterocycles. The summed E-state index contributed by atoms with van der Waals surface area (Å²) in [5.41, 5.74) is 2.46. The topological polar surface area (TPSA) is 111 Å². The van der Waals surface area contributed by atoms with Gasteiger partial charge in [-0.3, -0.25) is 19.3 Å². The third-order valence-corrected chi connectivity index (χ3v) is 5.49. The van der Waals surface area contributed by atoms with Gasteiger partial charge in [0.1, 0.15) is 0 Å². The largest absolute Gasteiger partial charge is 0.503 e. The van der Waals surface area contributed by atoms with E-state index in [0.717, 1.165) is 5.69 Å². The first-order valence-electron chi connectivity index (χ1n) is 10.2. The number of carboxylic acid groups (broad SMARTS) is 1. The molecule has 1 unspecified atom stereocenters. The maximum Gasteiger partial charge on any atom is 0.307 e. The van der Waals surface area contributed by atoms with Gasteiger partial charge < -0.3 is 19.5 Å². The van der Waals surface area contributed by atoms with Gasteiger partial charge in [-0.15, -0.1) is 0 Å². The summed E-state index contributed by atoms with van der Waals surface area (Å²) in [5, 5.41) is 19.8. The number of aliphatic carboxylic acids is 1. The van der Waals surface area contributed by atoms with Crippen LogP contribution in [0.25, 0.3) is 0 Å². The zero-order valence-corrected chi connectivity index (χ0v) is 18.1. The molecule has 1 aliphatic rings. The summed E-state index contributed by atoms with van der Waals surface area (Å²) in [7, 11) is 3.80. The standard InChI is InChI=1S/C25H22N2O6/c1-26(2)17-11-7-16(8-12-17)22-21(23(30)19-4-3-13-33-19)24(31)25(32)27(22)18-9-5-15(6-10-18)14-20(28)29/h3-13,22,31H,14H2,1-2H3,(H,28,29). The van der Waals surface area contributed by atoms with Crippen molar-refractivity contribution in [3.63, 3.8) is 0 Å². The number of rotatable bonds is 7. The molecule has 8 heteroatoms. The maximum absolute atomic E-state index is 13.2. The van der Waals surface area contributed by atoms with Crippen LogP contribution < -0.4 is 9.80 Å². The van der Waals surface area contributed by atoms with Gasteiger partial charge in [-0.2, -0.15) is 0 Å². The Morgan fingerprint density at radius 2 is 1.70 bits per heavy atom. The molecule has 0 spiro atoms. The number of ketones is 1. The van der Waals surface area contributed by atoms with E-state index < -0.39 is 29.5 Å². The molecule has 0 radical (unpaired) electrons. The molecule has 2 N–H and O–H groups in total. The molecule has 2 aromatic carbocycles. The van der Waals surface area contributed by atoms with Crippen LogP contribution in [0.5, 0.6) is 0 Å². The van der Waals surface area contributed by atoms with Crippen LogP contribution in [0.3, 0.4) is 0 Å². The minimum Gasteiger partial charge on any atom is -0.503 e. The van der Waals surface area contributed by atoms with Gasteiger partial charge in [0.05, 0.1) is 24.3 Å². The number of carbonyl (C=O) groups is 3. The normalized spacial score (nSPS) is 15.8. The van der Waals surface area contributed by atoms with Gasteiger partial charge in [-0.25, -0.2) is 0 Å². The fourth-order valence-electron chi connectivity index (χ4n) is 3.86. The summed E-state index contributed by atoms with van der Waals surface area (Å²) >= 11 is 0. The molecule has 168 valence electrons. The lowest BCUT2D eigenvalue weighted by Crippen LogP contribution is -2.31. The van der Waals surface area contributed by atoms with E-state index in [0.29, 0.717) is 16.8 Å². The lowest BCUT2D eigenvalue weighted by molar-refractivity contribution is -0.136. The van der Waals surface area contributed by atoms with Crippen molar-refractivity contribution in [2.24, 2.45) is 0 Å². The number of carboxylic acids is 1. The van der Waals surface area contributed by atoms with E-state index >= 15 is 0 Å². The minimum atomic E-state index is -0.968. The molecule has 2 heterocycles. The molecular formula is C25H22N2O6. The van der Waals surface area contributed by atoms with Crippen LogP contribution in [0.2, 0.25) is 0 Å². The van der Waals surface area contributed by atoms with Crippen LogP contribution in [0.4, 0.5) is 11.4 Å². The Kier molecular flexibility index (Phi) is 5.74. The van der Waals surface area contributed by atoms with Gasteiger partial charge in [0.2, 0.25) is 5.78 Å². The van der Waals surface area contributed by atoms with Crippen LogP contribution >= 0.6 is 0 Å². The average molecular weight is 446 g/mol. The number of hydrogen-bond acceptors (Lipinski definition) is 6. The summed E-state index contributed by atoms with van der Waals surface area (Å²) in [6, 6.07) is 15.9. The molecule has 1 atom stereocenters. The van der Waals surface area contributed by atoms with Crippen LogP contribution in [0.1, 0.15) is 27.7 Å². The third kappa shape index (κ3) is 4.10. The Bertz CT molecular complexity index is 1220. The van der Waals surface area contributed by atoms with E-state index in [2.05, 4.69) is 0 Å². The molecule has 4 rings (SSSR count). The minimum absolute atomic E-state index is 0.0120. The Morgan fingerprint density at radius 3 is 2.24 bits per heavy atom. The number of aliphatic hydroxyl groups is 1. The van der Waals surface area contributed by atoms with Crippen LogP contribution in [0, 0.1) is 0 Å². The second kappa shape index (κ2) is 8.66. The Balaban J connectivity index is 1.80. The van der Waals surface area contributed by atoms with Crippen molar-refractivity contribution < 1.29 is 29.0 Å². The highest BCUT2D eigenvalue weighted by molar-refractivity contribution is 6.20. The lowest BCUT2D eigenvalue weighted by atomic mass is 9.94. The Morgan fingerprint density at radius 1 is 1.03 bits per heavy atom. The molecule has 1 amide bonds. The monoisotopic (exact) mass is 446 g/mol. The van der Waals surface area contributed by atoms with Crippen molar-refractivity contribution in [2.45, 2.75) is 12.5 Å². The van der Waals surface area contributed by atoms with Gasteiger partial charge in [-0.05, 0) is 47.5 Å². The predicted molar refractivity (Wildman–Crippen MR) is 121 cm³/mol. The fraction of sp³-hybridized carbons (Fsp3) is 0.160. The molecule has 3 aromatic rings. The number of Topliss-reactive ketones (excluding diaryl/α,β-unsaturated/α-hetero) is 1. The van der Waals surface area contributed by atoms with Gasteiger partial charge >= 0.3 is 5.97 Å². The highest BCUT2D eigenvalue weighted by Crippen LogP contribution is 2.42. The predicted octanol–water partition coefficient (Wildman–Crippen LogP) is 3.76. The van der Waals surface area contributed by atoms with Crippen molar-refractivity contribution >= 4 is 29.0 Å². The number of aliphatic hydroxyl groups excluding tert-OH is 1. The first-order valence-corrected chi connectivity index (χ1v) is 10.2. The van der Waals surface area contributed by atoms with E-state index in [4.69, 9.17) is 9.52 Å². The van der Waals surface area contributed by atoms with Crippen molar-refractivity contribution in [1.82, 2.24) is 0 Å². The third-order valence-electron chi connectivity index (χ3n) is 5.49. The van der Waals surface area contributed by atoms with Gasteiger partial charge in [0, 0.05) is 25.5 Å². The zero-order valence-electron chi connectivity index (χ0n) is 18.1. The van der Waals surface area contributed by atoms with Crippen LogP contribution in [0.15, 0.2) is 82.7 Å². The van der Waals surface area contributed by atoms with Crippen molar-refractivity contribution in [1.29, 1.82) is 0 Å². The number of carbonyl (C=O) groups excluding carboxylic acids is 2. The summed E-state index contributed by atoms with van der Waals surface area (Å²) in [5.74, 6) is -2.91. The molecule has 0 saturated carbocycles. The van der Waals surface area contributed by atoms with Crippen molar-refractivity contribution in [3.05, 3.63) is 95.1 Å². The van der Waals surface area contributed by atoms with Gasteiger partial charge in [-0.1, -0.05) is 24.3 Å². The smallest absolute Gasteiger partial charge is 0.307 e. The lowest BCUT2D eigenvalue weighted by Gasteiger charge is -2.27. The SMILES string of the molecule is CN(C)c1ccc(C2C(C(=O)c3ccco3)=C(O)C(=O)N2c2ccc(CC(=O)O)cc2)cc1. The van der Waals surface area contributed by atoms with E-state index in [1.54, 1.807) is 42.5 Å². The van der Waals surface area contributed by atoms with Gasteiger partial charge in [0.25, 0.3) is 5.91 Å². The number of furan rings is 1.